The van der Waals surface area contributed by atoms with Crippen molar-refractivity contribution in [3.05, 3.63) is 11.8 Å². The minimum Gasteiger partial charge on any atom is -0.381 e. The highest BCUT2D eigenvalue weighted by Gasteiger charge is 2.24. The average molecular weight is 221 g/mol. The molecule has 4 heteroatoms. The topological polar surface area (TPSA) is 39.1 Å². The molecule has 1 saturated heterocycles. The summed E-state index contributed by atoms with van der Waals surface area (Å²) >= 11 is 0. The van der Waals surface area contributed by atoms with E-state index in [2.05, 4.69) is 16.5 Å². The summed E-state index contributed by atoms with van der Waals surface area (Å²) in [4.78, 5) is 0. The van der Waals surface area contributed by atoms with Gasteiger partial charge in [0.25, 0.3) is 0 Å². The Morgan fingerprint density at radius 2 is 2.06 bits per heavy atom. The third-order valence-corrected chi connectivity index (χ3v) is 3.48. The van der Waals surface area contributed by atoms with Crippen molar-refractivity contribution < 1.29 is 4.74 Å². The summed E-state index contributed by atoms with van der Waals surface area (Å²) in [5.74, 6) is 1.67. The summed E-state index contributed by atoms with van der Waals surface area (Å²) in [6, 6.07) is 2.89. The van der Waals surface area contributed by atoms with Crippen LogP contribution in [0.4, 0.5) is 5.82 Å². The molecule has 2 aliphatic rings. The molecule has 0 aromatic carbocycles. The standard InChI is InChI=1S/C12H19N3O/c1-15-11(9-4-6-16-7-5-9)8-12(14-15)13-10-2-3-10/h8-10H,2-7H2,1H3,(H,13,14). The van der Waals surface area contributed by atoms with Crippen LogP contribution in [0.15, 0.2) is 6.07 Å². The number of hydrogen-bond acceptors (Lipinski definition) is 3. The summed E-state index contributed by atoms with van der Waals surface area (Å²) in [7, 11) is 2.04. The molecule has 0 atom stereocenters. The smallest absolute Gasteiger partial charge is 0.148 e. The van der Waals surface area contributed by atoms with Crippen molar-refractivity contribution in [3.63, 3.8) is 0 Å². The molecule has 0 spiro atoms. The van der Waals surface area contributed by atoms with Gasteiger partial charge in [0.05, 0.1) is 0 Å². The number of aromatic nitrogens is 2. The lowest BCUT2D eigenvalue weighted by molar-refractivity contribution is 0.0837. The summed E-state index contributed by atoms with van der Waals surface area (Å²) < 4.78 is 7.43. The van der Waals surface area contributed by atoms with Crippen LogP contribution < -0.4 is 5.32 Å². The fourth-order valence-electron chi connectivity index (χ4n) is 2.36. The minimum atomic E-state index is 0.626. The molecule has 3 rings (SSSR count). The van der Waals surface area contributed by atoms with Crippen LogP contribution in [-0.2, 0) is 11.8 Å². The predicted octanol–water partition coefficient (Wildman–Crippen LogP) is 1.89. The number of rotatable bonds is 3. The maximum absolute atomic E-state index is 5.40. The van der Waals surface area contributed by atoms with Crippen molar-refractivity contribution in [1.82, 2.24) is 9.78 Å². The Bertz CT molecular complexity index is 364. The Labute approximate surface area is 96.0 Å². The highest BCUT2D eigenvalue weighted by molar-refractivity contribution is 5.39. The van der Waals surface area contributed by atoms with E-state index in [9.17, 15) is 0 Å². The SMILES string of the molecule is Cn1nc(NC2CC2)cc1C1CCOCC1. The third-order valence-electron chi connectivity index (χ3n) is 3.48. The fourth-order valence-corrected chi connectivity index (χ4v) is 2.36. The van der Waals surface area contributed by atoms with E-state index in [0.717, 1.165) is 31.9 Å². The zero-order valence-electron chi connectivity index (χ0n) is 9.78. The van der Waals surface area contributed by atoms with Crippen LogP contribution in [0, 0.1) is 0 Å². The Kier molecular flexibility index (Phi) is 2.59. The summed E-state index contributed by atoms with van der Waals surface area (Å²) in [6.45, 7) is 1.78. The van der Waals surface area contributed by atoms with Crippen LogP contribution in [0.3, 0.4) is 0 Å². The molecule has 1 aliphatic heterocycles. The Hall–Kier alpha value is -1.03. The van der Waals surface area contributed by atoms with Crippen LogP contribution in [0.25, 0.3) is 0 Å². The van der Waals surface area contributed by atoms with Gasteiger partial charge in [-0.15, -0.1) is 0 Å². The second-order valence-electron chi connectivity index (χ2n) is 4.88. The monoisotopic (exact) mass is 221 g/mol. The molecule has 2 heterocycles. The van der Waals surface area contributed by atoms with Gasteiger partial charge in [-0.05, 0) is 25.7 Å². The predicted molar refractivity (Wildman–Crippen MR) is 62.6 cm³/mol. The van der Waals surface area contributed by atoms with E-state index in [0.29, 0.717) is 12.0 Å². The van der Waals surface area contributed by atoms with Gasteiger partial charge in [0.2, 0.25) is 0 Å². The molecular formula is C12H19N3O. The molecule has 1 aromatic rings. The molecule has 2 fully saturated rings. The molecule has 4 nitrogen and oxygen atoms in total. The van der Waals surface area contributed by atoms with Gasteiger partial charge in [-0.3, -0.25) is 4.68 Å². The first kappa shape index (κ1) is 10.1. The zero-order valence-corrected chi connectivity index (χ0v) is 9.78. The van der Waals surface area contributed by atoms with Crippen LogP contribution in [0.2, 0.25) is 0 Å². The van der Waals surface area contributed by atoms with Gasteiger partial charge < -0.3 is 10.1 Å². The molecule has 0 radical (unpaired) electrons. The lowest BCUT2D eigenvalue weighted by Gasteiger charge is -2.21. The van der Waals surface area contributed by atoms with Crippen molar-refractivity contribution in [2.75, 3.05) is 18.5 Å². The number of ether oxygens (including phenoxy) is 1. The molecule has 0 unspecified atom stereocenters. The van der Waals surface area contributed by atoms with Gasteiger partial charge >= 0.3 is 0 Å². The van der Waals surface area contributed by atoms with Crippen molar-refractivity contribution >= 4 is 5.82 Å². The van der Waals surface area contributed by atoms with E-state index < -0.39 is 0 Å². The van der Waals surface area contributed by atoms with Gasteiger partial charge in [-0.25, -0.2) is 0 Å². The van der Waals surface area contributed by atoms with Crippen molar-refractivity contribution in [2.45, 2.75) is 37.6 Å². The van der Waals surface area contributed by atoms with E-state index in [1.165, 1.54) is 18.5 Å². The number of aryl methyl sites for hydroxylation is 1. The Balaban J connectivity index is 1.74. The second-order valence-corrected chi connectivity index (χ2v) is 4.88. The first-order valence-electron chi connectivity index (χ1n) is 6.21. The molecule has 1 saturated carbocycles. The first-order chi connectivity index (χ1) is 7.83. The van der Waals surface area contributed by atoms with Crippen molar-refractivity contribution in [1.29, 1.82) is 0 Å². The highest BCUT2D eigenvalue weighted by Crippen LogP contribution is 2.30. The molecule has 88 valence electrons. The van der Waals surface area contributed by atoms with Crippen LogP contribution in [0.1, 0.15) is 37.3 Å². The molecule has 1 N–H and O–H groups in total. The number of hydrogen-bond donors (Lipinski definition) is 1. The van der Waals surface area contributed by atoms with E-state index in [4.69, 9.17) is 4.74 Å². The molecule has 0 bridgehead atoms. The Morgan fingerprint density at radius 3 is 2.75 bits per heavy atom. The maximum atomic E-state index is 5.40. The van der Waals surface area contributed by atoms with Gasteiger partial charge in [-0.2, -0.15) is 5.10 Å². The maximum Gasteiger partial charge on any atom is 0.148 e. The van der Waals surface area contributed by atoms with E-state index in [1.807, 2.05) is 11.7 Å². The summed E-state index contributed by atoms with van der Waals surface area (Å²) in [6.07, 6.45) is 4.84. The minimum absolute atomic E-state index is 0.626. The van der Waals surface area contributed by atoms with Crippen LogP contribution in [0.5, 0.6) is 0 Å². The molecule has 1 aromatic heterocycles. The third kappa shape index (κ3) is 2.07. The highest BCUT2D eigenvalue weighted by atomic mass is 16.5. The lowest BCUT2D eigenvalue weighted by Crippen LogP contribution is -2.16. The van der Waals surface area contributed by atoms with Gasteiger partial charge in [0.15, 0.2) is 0 Å². The Morgan fingerprint density at radius 1 is 1.31 bits per heavy atom. The van der Waals surface area contributed by atoms with E-state index in [-0.39, 0.29) is 0 Å². The van der Waals surface area contributed by atoms with Crippen molar-refractivity contribution in [2.24, 2.45) is 7.05 Å². The van der Waals surface area contributed by atoms with E-state index in [1.54, 1.807) is 0 Å². The zero-order chi connectivity index (χ0) is 11.0. The van der Waals surface area contributed by atoms with Gasteiger partial charge in [0.1, 0.15) is 5.82 Å². The van der Waals surface area contributed by atoms with Crippen LogP contribution >= 0.6 is 0 Å². The van der Waals surface area contributed by atoms with E-state index >= 15 is 0 Å². The number of nitrogens with zero attached hydrogens (tertiary/aromatic N) is 2. The molecule has 1 aliphatic carbocycles. The number of anilines is 1. The van der Waals surface area contributed by atoms with Crippen molar-refractivity contribution in [3.8, 4) is 0 Å². The number of nitrogens with one attached hydrogen (secondary N) is 1. The van der Waals surface area contributed by atoms with Crippen LogP contribution in [-0.4, -0.2) is 29.0 Å². The second kappa shape index (κ2) is 4.09. The first-order valence-corrected chi connectivity index (χ1v) is 6.21. The summed E-state index contributed by atoms with van der Waals surface area (Å²) in [5.41, 5.74) is 1.35. The normalized spacial score (nSPS) is 22.3. The fraction of sp³-hybridized carbons (Fsp3) is 0.750. The molecule has 0 amide bonds. The average Bonchev–Trinajstić information content (AvgIpc) is 3.03. The van der Waals surface area contributed by atoms with Gasteiger partial charge in [-0.1, -0.05) is 0 Å². The largest absolute Gasteiger partial charge is 0.381 e. The molecular weight excluding hydrogens is 202 g/mol. The quantitative estimate of drug-likeness (QED) is 0.847. The molecule has 16 heavy (non-hydrogen) atoms. The summed E-state index contributed by atoms with van der Waals surface area (Å²) in [5, 5.41) is 7.98. The lowest BCUT2D eigenvalue weighted by atomic mass is 9.96. The van der Waals surface area contributed by atoms with Gasteiger partial charge in [0, 0.05) is 44.0 Å².